The van der Waals surface area contributed by atoms with Crippen molar-refractivity contribution in [1.82, 2.24) is 4.98 Å². The molecule has 0 unspecified atom stereocenters. The summed E-state index contributed by atoms with van der Waals surface area (Å²) in [4.78, 5) is 7.12. The van der Waals surface area contributed by atoms with Gasteiger partial charge < -0.3 is 0 Å². The fourth-order valence-corrected chi connectivity index (χ4v) is 4.48. The fourth-order valence-electron chi connectivity index (χ4n) is 2.48. The molecule has 1 heterocycles. The summed E-state index contributed by atoms with van der Waals surface area (Å²) >= 11 is 3.77. The van der Waals surface area contributed by atoms with Crippen LogP contribution in [-0.4, -0.2) is 19.5 Å². The molecule has 3 heteroatoms. The maximum atomic E-state index is 4.86. The van der Waals surface area contributed by atoms with Crippen molar-refractivity contribution in [2.45, 2.75) is 0 Å². The first-order chi connectivity index (χ1) is 10.8. The molecule has 22 heavy (non-hydrogen) atoms. The number of benzene rings is 3. The van der Waals surface area contributed by atoms with Gasteiger partial charge in [-0.3, -0.25) is 0 Å². The standard InChI is InChI=1S/C19H12BrNSe/c20-17-9-7-14(8-10-17)18-12-22-19(21-18)16-6-5-13-3-1-2-4-15(13)11-16/h1-12H. The van der Waals surface area contributed by atoms with E-state index in [0.717, 1.165) is 10.2 Å². The molecule has 1 aromatic heterocycles. The minimum absolute atomic E-state index is 0.296. The molecule has 0 amide bonds. The Labute approximate surface area is 143 Å². The Hall–Kier alpha value is -1.67. The van der Waals surface area contributed by atoms with Crippen LogP contribution in [0.4, 0.5) is 0 Å². The zero-order chi connectivity index (χ0) is 14.9. The SMILES string of the molecule is Brc1ccc(-c2c[se]c(-c3ccc4ccccc4c3)n2)cc1. The van der Waals surface area contributed by atoms with Crippen LogP contribution in [0.3, 0.4) is 0 Å². The van der Waals surface area contributed by atoms with E-state index >= 15 is 0 Å². The first-order valence-electron chi connectivity index (χ1n) is 7.00. The maximum absolute atomic E-state index is 4.86. The van der Waals surface area contributed by atoms with Crippen molar-refractivity contribution >= 4 is 41.2 Å². The molecule has 0 N–H and O–H groups in total. The Morgan fingerprint density at radius 3 is 2.32 bits per heavy atom. The van der Waals surface area contributed by atoms with Crippen LogP contribution >= 0.6 is 15.9 Å². The summed E-state index contributed by atoms with van der Waals surface area (Å²) in [5.74, 6) is 0. The number of halogens is 1. The third-order valence-corrected chi connectivity index (χ3v) is 6.04. The average Bonchev–Trinajstić information content (AvgIpc) is 3.05. The van der Waals surface area contributed by atoms with Crippen molar-refractivity contribution in [3.05, 3.63) is 76.1 Å². The molecule has 0 bridgehead atoms. The van der Waals surface area contributed by atoms with Crippen LogP contribution in [0.1, 0.15) is 0 Å². The average molecular weight is 413 g/mol. The van der Waals surface area contributed by atoms with Crippen molar-refractivity contribution in [2.24, 2.45) is 0 Å². The van der Waals surface area contributed by atoms with Crippen molar-refractivity contribution in [2.75, 3.05) is 0 Å². The van der Waals surface area contributed by atoms with E-state index in [2.05, 4.69) is 87.6 Å². The normalized spacial score (nSPS) is 11.0. The van der Waals surface area contributed by atoms with E-state index < -0.39 is 0 Å². The fraction of sp³-hybridized carbons (Fsp3) is 0. The number of nitrogens with zero attached hydrogens (tertiary/aromatic N) is 1. The van der Waals surface area contributed by atoms with Crippen LogP contribution in [0.5, 0.6) is 0 Å². The molecule has 0 radical (unpaired) electrons. The summed E-state index contributed by atoms with van der Waals surface area (Å²) in [7, 11) is 0. The van der Waals surface area contributed by atoms with Crippen LogP contribution in [-0.2, 0) is 0 Å². The van der Waals surface area contributed by atoms with Crippen molar-refractivity contribution in [1.29, 1.82) is 0 Å². The Morgan fingerprint density at radius 2 is 1.50 bits per heavy atom. The van der Waals surface area contributed by atoms with Crippen LogP contribution in [0.25, 0.3) is 32.2 Å². The van der Waals surface area contributed by atoms with Gasteiger partial charge in [-0.1, -0.05) is 0 Å². The summed E-state index contributed by atoms with van der Waals surface area (Å²) in [6.07, 6.45) is 0. The molecule has 0 saturated carbocycles. The monoisotopic (exact) mass is 413 g/mol. The summed E-state index contributed by atoms with van der Waals surface area (Å²) in [5.41, 5.74) is 3.51. The second kappa shape index (κ2) is 5.85. The summed E-state index contributed by atoms with van der Waals surface area (Å²) in [6, 6.07) is 23.4. The predicted octanol–water partition coefficient (Wildman–Crippen LogP) is 5.39. The molecular formula is C19H12BrNSe. The number of aromatic nitrogens is 1. The topological polar surface area (TPSA) is 12.9 Å². The predicted molar refractivity (Wildman–Crippen MR) is 97.3 cm³/mol. The van der Waals surface area contributed by atoms with E-state index in [4.69, 9.17) is 4.98 Å². The van der Waals surface area contributed by atoms with Gasteiger partial charge in [-0.25, -0.2) is 0 Å². The zero-order valence-electron chi connectivity index (χ0n) is 11.7. The number of hydrogen-bond acceptors (Lipinski definition) is 1. The van der Waals surface area contributed by atoms with Crippen molar-refractivity contribution in [3.8, 4) is 21.4 Å². The molecular weight excluding hydrogens is 401 g/mol. The number of hydrogen-bond donors (Lipinski definition) is 0. The van der Waals surface area contributed by atoms with Crippen LogP contribution in [0.15, 0.2) is 76.1 Å². The molecule has 106 valence electrons. The van der Waals surface area contributed by atoms with Crippen LogP contribution in [0, 0.1) is 0 Å². The molecule has 0 aliphatic rings. The van der Waals surface area contributed by atoms with Gasteiger partial charge in [0.1, 0.15) is 0 Å². The van der Waals surface area contributed by atoms with Crippen LogP contribution < -0.4 is 0 Å². The Bertz CT molecular complexity index is 941. The van der Waals surface area contributed by atoms with Gasteiger partial charge in [0.15, 0.2) is 0 Å². The van der Waals surface area contributed by atoms with E-state index in [-0.39, 0.29) is 0 Å². The van der Waals surface area contributed by atoms with Gasteiger partial charge in [0, 0.05) is 0 Å². The molecule has 0 aliphatic heterocycles. The zero-order valence-corrected chi connectivity index (χ0v) is 15.0. The third-order valence-electron chi connectivity index (χ3n) is 3.64. The molecule has 4 rings (SSSR count). The molecule has 1 nitrogen and oxygen atoms in total. The van der Waals surface area contributed by atoms with E-state index in [1.807, 2.05) is 0 Å². The molecule has 0 saturated heterocycles. The van der Waals surface area contributed by atoms with Gasteiger partial charge in [0.05, 0.1) is 0 Å². The molecule has 0 atom stereocenters. The first-order valence-corrected chi connectivity index (χ1v) is 9.64. The van der Waals surface area contributed by atoms with Gasteiger partial charge in [0.2, 0.25) is 0 Å². The molecule has 0 spiro atoms. The van der Waals surface area contributed by atoms with Gasteiger partial charge in [-0.05, 0) is 0 Å². The summed E-state index contributed by atoms with van der Waals surface area (Å²) < 4.78 is 2.30. The second-order valence-electron chi connectivity index (χ2n) is 5.11. The van der Waals surface area contributed by atoms with Gasteiger partial charge in [-0.2, -0.15) is 0 Å². The van der Waals surface area contributed by atoms with Crippen LogP contribution in [0.2, 0.25) is 0 Å². The Morgan fingerprint density at radius 1 is 0.773 bits per heavy atom. The van der Waals surface area contributed by atoms with Gasteiger partial charge >= 0.3 is 144 Å². The first kappa shape index (κ1) is 14.0. The Kier molecular flexibility index (Phi) is 3.71. The van der Waals surface area contributed by atoms with Crippen molar-refractivity contribution in [3.63, 3.8) is 0 Å². The molecule has 0 fully saturated rings. The van der Waals surface area contributed by atoms with Crippen molar-refractivity contribution < 1.29 is 0 Å². The minimum atomic E-state index is 0.296. The van der Waals surface area contributed by atoms with E-state index in [1.165, 1.54) is 26.5 Å². The Balaban J connectivity index is 1.74. The second-order valence-corrected chi connectivity index (χ2v) is 7.82. The van der Waals surface area contributed by atoms with E-state index in [9.17, 15) is 0 Å². The molecule has 0 aliphatic carbocycles. The third kappa shape index (κ3) is 2.68. The molecule has 3 aromatic carbocycles. The number of rotatable bonds is 2. The summed E-state index contributed by atoms with van der Waals surface area (Å²) in [5, 5.41) is 2.55. The van der Waals surface area contributed by atoms with E-state index in [1.54, 1.807) is 0 Å². The van der Waals surface area contributed by atoms with Gasteiger partial charge in [-0.15, -0.1) is 0 Å². The summed E-state index contributed by atoms with van der Waals surface area (Å²) in [6.45, 7) is 0. The van der Waals surface area contributed by atoms with Gasteiger partial charge in [0.25, 0.3) is 0 Å². The number of fused-ring (bicyclic) bond motifs is 1. The molecule has 4 aromatic rings. The van der Waals surface area contributed by atoms with E-state index in [0.29, 0.717) is 14.5 Å². The quantitative estimate of drug-likeness (QED) is 0.402.